The van der Waals surface area contributed by atoms with Crippen molar-refractivity contribution in [1.29, 1.82) is 0 Å². The molecule has 132 valence electrons. The second-order valence-electron chi connectivity index (χ2n) is 8.19. The monoisotopic (exact) mass is 321 g/mol. The maximum Gasteiger partial charge on any atom is 0.242 e. The zero-order valence-electron chi connectivity index (χ0n) is 14.8. The van der Waals surface area contributed by atoms with Crippen LogP contribution in [0.3, 0.4) is 0 Å². The molecular formula is C19H35N3O. The number of hydrogen-bond donors (Lipinski definition) is 1. The summed E-state index contributed by atoms with van der Waals surface area (Å²) in [4.78, 5) is 17.7. The summed E-state index contributed by atoms with van der Waals surface area (Å²) in [5, 5.41) is 0. The number of amides is 1. The summed E-state index contributed by atoms with van der Waals surface area (Å²) in [6.45, 7) is 5.56. The Morgan fingerprint density at radius 1 is 0.913 bits per heavy atom. The highest BCUT2D eigenvalue weighted by molar-refractivity contribution is 5.86. The summed E-state index contributed by atoms with van der Waals surface area (Å²) in [7, 11) is 0. The first-order valence-corrected chi connectivity index (χ1v) is 9.98. The van der Waals surface area contributed by atoms with Crippen molar-refractivity contribution in [2.24, 2.45) is 11.7 Å². The van der Waals surface area contributed by atoms with E-state index in [2.05, 4.69) is 9.80 Å². The van der Waals surface area contributed by atoms with E-state index in [1.54, 1.807) is 0 Å². The van der Waals surface area contributed by atoms with Crippen LogP contribution < -0.4 is 5.73 Å². The minimum atomic E-state index is -0.553. The van der Waals surface area contributed by atoms with Gasteiger partial charge in [-0.3, -0.25) is 4.79 Å². The maximum atomic E-state index is 13.0. The van der Waals surface area contributed by atoms with Gasteiger partial charge in [0.25, 0.3) is 0 Å². The number of hydrogen-bond acceptors (Lipinski definition) is 3. The summed E-state index contributed by atoms with van der Waals surface area (Å²) in [5.41, 5.74) is 5.93. The number of carbonyl (C=O) groups excluding carboxylic acids is 1. The molecule has 1 atom stereocenters. The van der Waals surface area contributed by atoms with Gasteiger partial charge in [0.1, 0.15) is 0 Å². The molecule has 3 fully saturated rings. The zero-order chi connectivity index (χ0) is 16.1. The van der Waals surface area contributed by atoms with Gasteiger partial charge in [-0.15, -0.1) is 0 Å². The highest BCUT2D eigenvalue weighted by atomic mass is 16.2. The quantitative estimate of drug-likeness (QED) is 0.869. The van der Waals surface area contributed by atoms with Crippen molar-refractivity contribution in [2.45, 2.75) is 76.2 Å². The van der Waals surface area contributed by atoms with Crippen LogP contribution in [0.15, 0.2) is 0 Å². The van der Waals surface area contributed by atoms with Gasteiger partial charge in [-0.25, -0.2) is 0 Å². The SMILES string of the molecule is NC1(C(=O)N2CCCC(CN3CCCCCC3)C2)CCCCC1. The molecule has 1 amide bonds. The Hall–Kier alpha value is -0.610. The number of nitrogens with two attached hydrogens (primary N) is 1. The Labute approximate surface area is 141 Å². The molecule has 2 saturated heterocycles. The molecule has 23 heavy (non-hydrogen) atoms. The van der Waals surface area contributed by atoms with Crippen LogP contribution in [-0.2, 0) is 4.79 Å². The van der Waals surface area contributed by atoms with Crippen LogP contribution in [0, 0.1) is 5.92 Å². The van der Waals surface area contributed by atoms with Gasteiger partial charge in [0.15, 0.2) is 0 Å². The maximum absolute atomic E-state index is 13.0. The molecule has 1 unspecified atom stereocenters. The Kier molecular flexibility index (Phi) is 5.97. The van der Waals surface area contributed by atoms with E-state index >= 15 is 0 Å². The van der Waals surface area contributed by atoms with Crippen molar-refractivity contribution in [1.82, 2.24) is 9.80 Å². The number of carbonyl (C=O) groups is 1. The molecule has 2 N–H and O–H groups in total. The first kappa shape index (κ1) is 17.2. The van der Waals surface area contributed by atoms with Crippen molar-refractivity contribution in [3.63, 3.8) is 0 Å². The summed E-state index contributed by atoms with van der Waals surface area (Å²) in [5.74, 6) is 0.899. The molecule has 4 nitrogen and oxygen atoms in total. The van der Waals surface area contributed by atoms with Crippen LogP contribution >= 0.6 is 0 Å². The molecule has 0 spiro atoms. The van der Waals surface area contributed by atoms with Gasteiger partial charge in [0, 0.05) is 19.6 Å². The van der Waals surface area contributed by atoms with Crippen LogP contribution in [0.25, 0.3) is 0 Å². The van der Waals surface area contributed by atoms with E-state index in [0.29, 0.717) is 5.92 Å². The lowest BCUT2D eigenvalue weighted by Gasteiger charge is -2.41. The Morgan fingerprint density at radius 3 is 2.26 bits per heavy atom. The third-order valence-corrected chi connectivity index (χ3v) is 6.19. The van der Waals surface area contributed by atoms with Crippen molar-refractivity contribution in [3.05, 3.63) is 0 Å². The smallest absolute Gasteiger partial charge is 0.242 e. The molecule has 0 aromatic heterocycles. The lowest BCUT2D eigenvalue weighted by molar-refractivity contribution is -0.140. The van der Waals surface area contributed by atoms with Gasteiger partial charge in [0.05, 0.1) is 5.54 Å². The number of likely N-dealkylation sites (tertiary alicyclic amines) is 2. The molecule has 3 aliphatic rings. The van der Waals surface area contributed by atoms with Crippen molar-refractivity contribution >= 4 is 5.91 Å². The molecule has 0 aromatic carbocycles. The van der Waals surface area contributed by atoms with E-state index in [1.807, 2.05) is 0 Å². The molecule has 2 aliphatic heterocycles. The number of nitrogens with zero attached hydrogens (tertiary/aromatic N) is 2. The van der Waals surface area contributed by atoms with Crippen LogP contribution in [0.2, 0.25) is 0 Å². The van der Waals surface area contributed by atoms with Crippen LogP contribution in [0.5, 0.6) is 0 Å². The lowest BCUT2D eigenvalue weighted by atomic mass is 9.81. The number of rotatable bonds is 3. The van der Waals surface area contributed by atoms with Crippen molar-refractivity contribution in [2.75, 3.05) is 32.7 Å². The lowest BCUT2D eigenvalue weighted by Crippen LogP contribution is -2.58. The molecule has 0 radical (unpaired) electrons. The first-order valence-electron chi connectivity index (χ1n) is 9.98. The summed E-state index contributed by atoms with van der Waals surface area (Å²) >= 11 is 0. The second kappa shape index (κ2) is 7.98. The second-order valence-corrected chi connectivity index (χ2v) is 8.19. The normalized spacial score (nSPS) is 30.0. The molecule has 0 aromatic rings. The highest BCUT2D eigenvalue weighted by Crippen LogP contribution is 2.29. The molecular weight excluding hydrogens is 286 g/mol. The highest BCUT2D eigenvalue weighted by Gasteiger charge is 2.39. The predicted octanol–water partition coefficient (Wildman–Crippen LogP) is 2.76. The minimum absolute atomic E-state index is 0.248. The van der Waals surface area contributed by atoms with E-state index in [0.717, 1.165) is 45.2 Å². The Balaban J connectivity index is 1.53. The standard InChI is InChI=1S/C19H35N3O/c20-19(10-4-3-5-11-19)18(23)22-14-8-9-17(16-22)15-21-12-6-1-2-7-13-21/h17H,1-16,20H2. The van der Waals surface area contributed by atoms with Crippen LogP contribution in [-0.4, -0.2) is 54.0 Å². The van der Waals surface area contributed by atoms with Gasteiger partial charge >= 0.3 is 0 Å². The summed E-state index contributed by atoms with van der Waals surface area (Å²) < 4.78 is 0. The van der Waals surface area contributed by atoms with Gasteiger partial charge < -0.3 is 15.5 Å². The number of piperidine rings is 1. The fraction of sp³-hybridized carbons (Fsp3) is 0.947. The topological polar surface area (TPSA) is 49.6 Å². The van der Waals surface area contributed by atoms with E-state index in [9.17, 15) is 4.79 Å². The van der Waals surface area contributed by atoms with E-state index < -0.39 is 5.54 Å². The average Bonchev–Trinajstić information content (AvgIpc) is 2.84. The summed E-state index contributed by atoms with van der Waals surface area (Å²) in [6, 6.07) is 0. The van der Waals surface area contributed by atoms with Gasteiger partial charge in [0.2, 0.25) is 5.91 Å². The minimum Gasteiger partial charge on any atom is -0.341 e. The van der Waals surface area contributed by atoms with E-state index in [-0.39, 0.29) is 5.91 Å². The third-order valence-electron chi connectivity index (χ3n) is 6.19. The third kappa shape index (κ3) is 4.48. The fourth-order valence-electron chi connectivity index (χ4n) is 4.79. The van der Waals surface area contributed by atoms with Crippen LogP contribution in [0.1, 0.15) is 70.6 Å². The van der Waals surface area contributed by atoms with E-state index in [4.69, 9.17) is 5.73 Å². The molecule has 2 heterocycles. The zero-order valence-corrected chi connectivity index (χ0v) is 14.8. The van der Waals surface area contributed by atoms with Gasteiger partial charge in [-0.05, 0) is 57.5 Å². The molecule has 1 aliphatic carbocycles. The molecule has 3 rings (SSSR count). The van der Waals surface area contributed by atoms with Gasteiger partial charge in [-0.2, -0.15) is 0 Å². The van der Waals surface area contributed by atoms with Crippen LogP contribution in [0.4, 0.5) is 0 Å². The molecule has 0 bridgehead atoms. The average molecular weight is 322 g/mol. The molecule has 4 heteroatoms. The largest absolute Gasteiger partial charge is 0.341 e. The summed E-state index contributed by atoms with van der Waals surface area (Å²) in [6.07, 6.45) is 13.2. The van der Waals surface area contributed by atoms with Gasteiger partial charge in [-0.1, -0.05) is 32.1 Å². The van der Waals surface area contributed by atoms with E-state index in [1.165, 1.54) is 58.2 Å². The van der Waals surface area contributed by atoms with Crippen molar-refractivity contribution < 1.29 is 4.79 Å². The fourth-order valence-corrected chi connectivity index (χ4v) is 4.79. The Bertz CT molecular complexity index is 384. The predicted molar refractivity (Wildman–Crippen MR) is 94.2 cm³/mol. The first-order chi connectivity index (χ1) is 11.2. The van der Waals surface area contributed by atoms with Crippen molar-refractivity contribution in [3.8, 4) is 0 Å². The molecule has 1 saturated carbocycles. The Morgan fingerprint density at radius 2 is 1.57 bits per heavy atom.